The zero-order valence-corrected chi connectivity index (χ0v) is 25.0. The van der Waals surface area contributed by atoms with E-state index in [1.54, 1.807) is 24.5 Å². The number of nitrogens with zero attached hydrogens (tertiary/aromatic N) is 3. The lowest BCUT2D eigenvalue weighted by Crippen LogP contribution is -2.14. The molecule has 0 aliphatic heterocycles. The van der Waals surface area contributed by atoms with Gasteiger partial charge in [-0.25, -0.2) is 4.98 Å². The fourth-order valence-electron chi connectivity index (χ4n) is 4.15. The number of allylic oxidation sites excluding steroid dienone is 4. The molecule has 2 aromatic heterocycles. The van der Waals surface area contributed by atoms with Crippen LogP contribution in [0.5, 0.6) is 5.75 Å². The molecule has 1 atom stereocenters. The van der Waals surface area contributed by atoms with Crippen LogP contribution in [-0.4, -0.2) is 33.7 Å². The Balaban J connectivity index is 0.000000299. The standard InChI is InChI=1S/C18H21F3N2.C15H20N2O2/c1-4-6-8-14(11-13(3)5-2)16-12-23-10-7-9-15(17(23)22-16)18(19,20)21;1-11(2)19-15-6-5-13(9-14(15)10-16)12(3)17-7-4-8-18/h4-7,9-10,12,14H,8,11H2,1-3H3;5-6,9,11,17-18H,3-4,7-8H2,1-2H3/b6-4-,13-5+;. The van der Waals surface area contributed by atoms with Crippen molar-refractivity contribution in [1.29, 1.82) is 5.26 Å². The van der Waals surface area contributed by atoms with E-state index in [-0.39, 0.29) is 24.3 Å². The van der Waals surface area contributed by atoms with Crippen LogP contribution in [0.2, 0.25) is 0 Å². The number of pyridine rings is 1. The van der Waals surface area contributed by atoms with Crippen molar-refractivity contribution in [3.8, 4) is 11.8 Å². The molecule has 9 heteroatoms. The van der Waals surface area contributed by atoms with Gasteiger partial charge in [-0.15, -0.1) is 0 Å². The van der Waals surface area contributed by atoms with Gasteiger partial charge in [0.05, 0.1) is 22.9 Å². The van der Waals surface area contributed by atoms with E-state index in [0.717, 1.165) is 30.2 Å². The average molecular weight is 583 g/mol. The van der Waals surface area contributed by atoms with E-state index in [4.69, 9.17) is 15.1 Å². The lowest BCUT2D eigenvalue weighted by atomic mass is 9.94. The molecule has 226 valence electrons. The molecule has 0 spiro atoms. The normalized spacial score (nSPS) is 12.6. The van der Waals surface area contributed by atoms with Crippen molar-refractivity contribution in [3.05, 3.63) is 95.5 Å². The van der Waals surface area contributed by atoms with Crippen LogP contribution in [0.4, 0.5) is 13.2 Å². The average Bonchev–Trinajstić information content (AvgIpc) is 3.39. The number of hydrogen-bond donors (Lipinski definition) is 2. The number of nitrogens with one attached hydrogen (secondary N) is 1. The largest absolute Gasteiger partial charge is 0.490 e. The Hall–Kier alpha value is -4.03. The van der Waals surface area contributed by atoms with Gasteiger partial charge in [0, 0.05) is 37.2 Å². The number of aliphatic hydroxyl groups excluding tert-OH is 1. The van der Waals surface area contributed by atoms with E-state index in [0.29, 0.717) is 30.0 Å². The van der Waals surface area contributed by atoms with Crippen LogP contribution in [0.1, 0.15) is 82.2 Å². The van der Waals surface area contributed by atoms with Gasteiger partial charge in [0.15, 0.2) is 0 Å². The highest BCUT2D eigenvalue weighted by Crippen LogP contribution is 2.34. The molecule has 0 amide bonds. The van der Waals surface area contributed by atoms with Gasteiger partial charge in [0.2, 0.25) is 0 Å². The molecule has 2 heterocycles. The SMILES string of the molecule is C/C=C\CC(C/C(C)=C/C)c1cn2cccc(C(F)(F)F)c2n1.C=C(NCCCO)c1ccc(OC(C)C)c(C#N)c1. The zero-order valence-electron chi connectivity index (χ0n) is 25.0. The number of halogens is 3. The van der Waals surface area contributed by atoms with Crippen molar-refractivity contribution in [2.45, 2.75) is 72.1 Å². The van der Waals surface area contributed by atoms with Crippen LogP contribution < -0.4 is 10.1 Å². The van der Waals surface area contributed by atoms with Crippen LogP contribution >= 0.6 is 0 Å². The number of aromatic nitrogens is 2. The lowest BCUT2D eigenvalue weighted by Gasteiger charge is -2.14. The summed E-state index contributed by atoms with van der Waals surface area (Å²) in [5.74, 6) is 0.660. The molecule has 0 aliphatic rings. The third-order valence-corrected chi connectivity index (χ3v) is 6.43. The van der Waals surface area contributed by atoms with Crippen molar-refractivity contribution >= 4 is 11.3 Å². The van der Waals surface area contributed by atoms with Gasteiger partial charge in [0.1, 0.15) is 17.5 Å². The Morgan fingerprint density at radius 1 is 1.26 bits per heavy atom. The first-order valence-electron chi connectivity index (χ1n) is 14.0. The number of hydrogen-bond acceptors (Lipinski definition) is 5. The van der Waals surface area contributed by atoms with Crippen molar-refractivity contribution in [2.24, 2.45) is 0 Å². The summed E-state index contributed by atoms with van der Waals surface area (Å²) in [5, 5.41) is 21.0. The molecule has 0 saturated carbocycles. The fourth-order valence-corrected chi connectivity index (χ4v) is 4.15. The van der Waals surface area contributed by atoms with Gasteiger partial charge >= 0.3 is 6.18 Å². The van der Waals surface area contributed by atoms with Gasteiger partial charge in [-0.1, -0.05) is 30.4 Å². The van der Waals surface area contributed by atoms with Crippen molar-refractivity contribution in [1.82, 2.24) is 14.7 Å². The fraction of sp³-hybridized carbons (Fsp3) is 0.394. The van der Waals surface area contributed by atoms with E-state index < -0.39 is 11.7 Å². The molecule has 3 rings (SSSR count). The summed E-state index contributed by atoms with van der Waals surface area (Å²) in [6, 6.07) is 10.0. The molecule has 0 saturated heterocycles. The molecular formula is C33H41F3N4O2. The highest BCUT2D eigenvalue weighted by atomic mass is 19.4. The second-order valence-electron chi connectivity index (χ2n) is 10.1. The number of fused-ring (bicyclic) bond motifs is 1. The Bertz CT molecular complexity index is 1410. The molecule has 0 fully saturated rings. The summed E-state index contributed by atoms with van der Waals surface area (Å²) < 4.78 is 46.4. The Morgan fingerprint density at radius 2 is 2.00 bits per heavy atom. The highest BCUT2D eigenvalue weighted by molar-refractivity contribution is 5.65. The summed E-state index contributed by atoms with van der Waals surface area (Å²) >= 11 is 0. The minimum atomic E-state index is -4.40. The molecule has 2 N–H and O–H groups in total. The summed E-state index contributed by atoms with van der Waals surface area (Å²) in [4.78, 5) is 4.30. The van der Waals surface area contributed by atoms with Crippen LogP contribution in [0, 0.1) is 11.3 Å². The Kier molecular flexibility index (Phi) is 13.4. The number of nitriles is 1. The maximum absolute atomic E-state index is 13.1. The van der Waals surface area contributed by atoms with Gasteiger partial charge in [0.25, 0.3) is 0 Å². The smallest absolute Gasteiger partial charge is 0.419 e. The van der Waals surface area contributed by atoms with E-state index in [9.17, 15) is 13.2 Å². The summed E-state index contributed by atoms with van der Waals surface area (Å²) in [5.41, 5.74) is 3.26. The first kappa shape index (κ1) is 34.2. The molecule has 0 bridgehead atoms. The number of imidazole rings is 1. The van der Waals surface area contributed by atoms with Crippen LogP contribution in [0.3, 0.4) is 0 Å². The van der Waals surface area contributed by atoms with Crippen LogP contribution in [-0.2, 0) is 6.18 Å². The van der Waals surface area contributed by atoms with Gasteiger partial charge in [-0.05, 0) is 89.8 Å². The van der Waals surface area contributed by atoms with E-state index in [1.807, 2.05) is 58.9 Å². The zero-order chi connectivity index (χ0) is 31.3. The molecule has 3 aromatic rings. The molecule has 0 radical (unpaired) electrons. The number of ether oxygens (including phenoxy) is 1. The first-order chi connectivity index (χ1) is 19.9. The number of alkyl halides is 3. The predicted octanol–water partition coefficient (Wildman–Crippen LogP) is 8.05. The van der Waals surface area contributed by atoms with Crippen molar-refractivity contribution in [3.63, 3.8) is 0 Å². The molecular weight excluding hydrogens is 541 g/mol. The quantitative estimate of drug-likeness (QED) is 0.167. The summed E-state index contributed by atoms with van der Waals surface area (Å²) in [7, 11) is 0. The van der Waals surface area contributed by atoms with Crippen molar-refractivity contribution in [2.75, 3.05) is 13.2 Å². The monoisotopic (exact) mass is 582 g/mol. The van der Waals surface area contributed by atoms with E-state index in [2.05, 4.69) is 22.9 Å². The predicted molar refractivity (Wildman–Crippen MR) is 162 cm³/mol. The molecule has 0 aliphatic carbocycles. The topological polar surface area (TPSA) is 82.6 Å². The second kappa shape index (κ2) is 16.4. The van der Waals surface area contributed by atoms with E-state index >= 15 is 0 Å². The third-order valence-electron chi connectivity index (χ3n) is 6.43. The van der Waals surface area contributed by atoms with Crippen LogP contribution in [0.15, 0.2) is 73.1 Å². The summed E-state index contributed by atoms with van der Waals surface area (Å²) in [6.45, 7) is 14.5. The minimum absolute atomic E-state index is 0.0291. The highest BCUT2D eigenvalue weighted by Gasteiger charge is 2.34. The first-order valence-corrected chi connectivity index (χ1v) is 14.0. The molecule has 1 unspecified atom stereocenters. The minimum Gasteiger partial charge on any atom is -0.490 e. The maximum atomic E-state index is 13.1. The number of aliphatic hydroxyl groups is 1. The molecule has 42 heavy (non-hydrogen) atoms. The Morgan fingerprint density at radius 3 is 2.60 bits per heavy atom. The van der Waals surface area contributed by atoms with Gasteiger partial charge in [-0.3, -0.25) is 0 Å². The summed E-state index contributed by atoms with van der Waals surface area (Å²) in [6.07, 6.45) is 7.17. The lowest BCUT2D eigenvalue weighted by molar-refractivity contribution is -0.136. The number of benzene rings is 1. The second-order valence-corrected chi connectivity index (χ2v) is 10.1. The maximum Gasteiger partial charge on any atom is 0.419 e. The number of rotatable bonds is 12. The molecule has 6 nitrogen and oxygen atoms in total. The van der Waals surface area contributed by atoms with Crippen LogP contribution in [0.25, 0.3) is 11.3 Å². The third kappa shape index (κ3) is 10.1. The van der Waals surface area contributed by atoms with E-state index in [1.165, 1.54) is 16.0 Å². The van der Waals surface area contributed by atoms with Gasteiger partial charge in [-0.2, -0.15) is 18.4 Å². The van der Waals surface area contributed by atoms with Gasteiger partial charge < -0.3 is 19.6 Å². The van der Waals surface area contributed by atoms with Crippen molar-refractivity contribution < 1.29 is 23.0 Å². The Labute approximate surface area is 246 Å². The molecule has 1 aromatic carbocycles.